The number of hydrogen-bond acceptors (Lipinski definition) is 3. The van der Waals surface area contributed by atoms with Gasteiger partial charge in [0.1, 0.15) is 0 Å². The van der Waals surface area contributed by atoms with E-state index < -0.39 is 0 Å². The predicted molar refractivity (Wildman–Crippen MR) is 125 cm³/mol. The number of carbonyl (C=O) groups excluding carboxylic acids is 1. The number of benzene rings is 3. The Labute approximate surface area is 182 Å². The van der Waals surface area contributed by atoms with Crippen LogP contribution >= 0.6 is 0 Å². The lowest BCUT2D eigenvalue weighted by atomic mass is 10.1. The fraction of sp³-hybridized carbons (Fsp3) is 0.192. The van der Waals surface area contributed by atoms with E-state index in [9.17, 15) is 4.79 Å². The van der Waals surface area contributed by atoms with Crippen LogP contribution in [0.5, 0.6) is 0 Å². The van der Waals surface area contributed by atoms with Crippen molar-refractivity contribution in [2.24, 2.45) is 0 Å². The summed E-state index contributed by atoms with van der Waals surface area (Å²) >= 11 is 0. The number of amides is 1. The lowest BCUT2D eigenvalue weighted by Crippen LogP contribution is -2.15. The molecule has 5 heteroatoms. The third-order valence-electron chi connectivity index (χ3n) is 5.34. The van der Waals surface area contributed by atoms with Gasteiger partial charge in [0.25, 0.3) is 5.91 Å². The second kappa shape index (κ2) is 8.19. The van der Waals surface area contributed by atoms with E-state index in [2.05, 4.69) is 28.4 Å². The van der Waals surface area contributed by atoms with Crippen LogP contribution in [-0.2, 0) is 0 Å². The number of nitrogens with zero attached hydrogens (tertiary/aromatic N) is 3. The average molecular weight is 411 g/mol. The van der Waals surface area contributed by atoms with Crippen molar-refractivity contribution in [1.29, 1.82) is 0 Å². The van der Waals surface area contributed by atoms with Gasteiger partial charge < -0.3 is 5.32 Å². The van der Waals surface area contributed by atoms with E-state index in [-0.39, 0.29) is 11.7 Å². The van der Waals surface area contributed by atoms with Gasteiger partial charge in [-0.2, -0.15) is 0 Å². The van der Waals surface area contributed by atoms with Crippen molar-refractivity contribution in [3.05, 3.63) is 94.3 Å². The summed E-state index contributed by atoms with van der Waals surface area (Å²) in [5.74, 6) is 0.445. The molecule has 0 fully saturated rings. The Kier molecular flexibility index (Phi) is 5.42. The van der Waals surface area contributed by atoms with Gasteiger partial charge in [-0.15, -0.1) is 5.10 Å². The fourth-order valence-electron chi connectivity index (χ4n) is 3.56. The van der Waals surface area contributed by atoms with Gasteiger partial charge in [0.2, 0.25) is 5.82 Å². The van der Waals surface area contributed by atoms with Crippen molar-refractivity contribution in [2.75, 3.05) is 5.32 Å². The number of hydrogen-bond donors (Lipinski definition) is 1. The third-order valence-corrected chi connectivity index (χ3v) is 5.34. The van der Waals surface area contributed by atoms with Crippen LogP contribution in [0.1, 0.15) is 38.4 Å². The molecule has 1 aromatic heterocycles. The maximum Gasteiger partial charge on any atom is 0.295 e. The Balaban J connectivity index is 1.80. The van der Waals surface area contributed by atoms with E-state index in [0.29, 0.717) is 5.82 Å². The molecule has 0 aliphatic rings. The van der Waals surface area contributed by atoms with Crippen LogP contribution in [-0.4, -0.2) is 20.7 Å². The van der Waals surface area contributed by atoms with Crippen LogP contribution in [0.2, 0.25) is 0 Å². The van der Waals surface area contributed by atoms with Crippen molar-refractivity contribution in [2.45, 2.75) is 34.6 Å². The van der Waals surface area contributed by atoms with Gasteiger partial charge in [-0.05, 0) is 63.4 Å². The smallest absolute Gasteiger partial charge is 0.295 e. The highest BCUT2D eigenvalue weighted by Crippen LogP contribution is 2.25. The highest BCUT2D eigenvalue weighted by molar-refractivity contribution is 6.02. The number of carbonyl (C=O) groups is 1. The second-order valence-electron chi connectivity index (χ2n) is 8.10. The Bertz CT molecular complexity index is 1270. The molecule has 0 atom stereocenters. The molecule has 0 unspecified atom stereocenters. The quantitative estimate of drug-likeness (QED) is 0.467. The van der Waals surface area contributed by atoms with Crippen molar-refractivity contribution >= 4 is 11.6 Å². The molecule has 1 amide bonds. The van der Waals surface area contributed by atoms with E-state index in [1.165, 1.54) is 5.56 Å². The number of aryl methyl sites for hydroxylation is 5. The normalized spacial score (nSPS) is 10.9. The molecule has 0 saturated heterocycles. The first kappa shape index (κ1) is 20.5. The molecule has 31 heavy (non-hydrogen) atoms. The van der Waals surface area contributed by atoms with Crippen molar-refractivity contribution in [3.63, 3.8) is 0 Å². The lowest BCUT2D eigenvalue weighted by molar-refractivity contribution is 0.101. The molecule has 0 aliphatic heterocycles. The predicted octanol–water partition coefficient (Wildman–Crippen LogP) is 5.73. The summed E-state index contributed by atoms with van der Waals surface area (Å²) in [5.41, 5.74) is 8.05. The Hall–Kier alpha value is -3.73. The highest BCUT2D eigenvalue weighted by Gasteiger charge is 2.20. The Morgan fingerprint density at radius 2 is 1.42 bits per heavy atom. The average Bonchev–Trinajstić information content (AvgIpc) is 3.16. The first-order valence-electron chi connectivity index (χ1n) is 10.3. The molecule has 1 N–H and O–H groups in total. The summed E-state index contributed by atoms with van der Waals surface area (Å²) in [5, 5.41) is 7.58. The summed E-state index contributed by atoms with van der Waals surface area (Å²) in [6.07, 6.45) is 0. The molecule has 0 bridgehead atoms. The van der Waals surface area contributed by atoms with Crippen molar-refractivity contribution < 1.29 is 4.79 Å². The molecule has 0 radical (unpaired) electrons. The summed E-state index contributed by atoms with van der Waals surface area (Å²) in [4.78, 5) is 17.7. The van der Waals surface area contributed by atoms with Crippen molar-refractivity contribution in [3.8, 4) is 17.1 Å². The molecule has 0 saturated carbocycles. The molecule has 156 valence electrons. The fourth-order valence-corrected chi connectivity index (χ4v) is 3.56. The number of aromatic nitrogens is 3. The molecule has 4 aromatic rings. The van der Waals surface area contributed by atoms with E-state index in [1.807, 2.05) is 82.3 Å². The molecular formula is C26H26N4O. The molecule has 1 heterocycles. The topological polar surface area (TPSA) is 59.8 Å². The first-order valence-corrected chi connectivity index (χ1v) is 10.3. The first-order chi connectivity index (χ1) is 14.8. The second-order valence-corrected chi connectivity index (χ2v) is 8.10. The van der Waals surface area contributed by atoms with Crippen molar-refractivity contribution in [1.82, 2.24) is 14.8 Å². The molecule has 4 rings (SSSR count). The van der Waals surface area contributed by atoms with Gasteiger partial charge in [0.15, 0.2) is 5.82 Å². The minimum absolute atomic E-state index is 0.136. The summed E-state index contributed by atoms with van der Waals surface area (Å²) in [6, 6.07) is 20.2. The molecule has 3 aromatic carbocycles. The Morgan fingerprint density at radius 3 is 2.13 bits per heavy atom. The van der Waals surface area contributed by atoms with Gasteiger partial charge >= 0.3 is 0 Å². The van der Waals surface area contributed by atoms with Gasteiger partial charge in [-0.1, -0.05) is 59.7 Å². The summed E-state index contributed by atoms with van der Waals surface area (Å²) in [7, 11) is 0. The zero-order valence-electron chi connectivity index (χ0n) is 18.5. The van der Waals surface area contributed by atoms with Crippen LogP contribution in [0.25, 0.3) is 17.1 Å². The van der Waals surface area contributed by atoms with Crippen LogP contribution < -0.4 is 5.32 Å². The Morgan fingerprint density at radius 1 is 0.774 bits per heavy atom. The maximum absolute atomic E-state index is 13.0. The minimum atomic E-state index is -0.328. The van der Waals surface area contributed by atoms with Crippen LogP contribution in [0.4, 0.5) is 5.69 Å². The molecule has 0 spiro atoms. The van der Waals surface area contributed by atoms with Gasteiger partial charge in [-0.3, -0.25) is 4.79 Å². The van der Waals surface area contributed by atoms with E-state index in [1.54, 1.807) is 4.68 Å². The van der Waals surface area contributed by atoms with Gasteiger partial charge in [0, 0.05) is 11.3 Å². The highest BCUT2D eigenvalue weighted by atomic mass is 16.2. The maximum atomic E-state index is 13.0. The monoisotopic (exact) mass is 410 g/mol. The zero-order chi connectivity index (χ0) is 22.1. The van der Waals surface area contributed by atoms with Gasteiger partial charge in [0.05, 0.1) is 5.69 Å². The summed E-state index contributed by atoms with van der Waals surface area (Å²) < 4.78 is 1.76. The molecular weight excluding hydrogens is 384 g/mol. The SMILES string of the molecule is Cc1ccc(-c2nc(C(=O)Nc3cc(C)ccc3C)nn2-c2ccc(C)cc2C)cc1. The van der Waals surface area contributed by atoms with Gasteiger partial charge in [-0.25, -0.2) is 9.67 Å². The standard InChI is InChI=1S/C26H26N4O/c1-16-7-11-21(12-8-16)25-28-24(26(31)27-22-15-18(3)6-10-19(22)4)29-30(25)23-13-9-17(2)14-20(23)5/h6-15H,1-5H3,(H,27,31). The zero-order valence-corrected chi connectivity index (χ0v) is 18.5. The number of anilines is 1. The minimum Gasteiger partial charge on any atom is -0.319 e. The van der Waals surface area contributed by atoms with E-state index in [0.717, 1.165) is 39.2 Å². The van der Waals surface area contributed by atoms with Crippen LogP contribution in [0.15, 0.2) is 60.7 Å². The summed E-state index contributed by atoms with van der Waals surface area (Å²) in [6.45, 7) is 10.1. The largest absolute Gasteiger partial charge is 0.319 e. The number of rotatable bonds is 4. The van der Waals surface area contributed by atoms with Crippen LogP contribution in [0, 0.1) is 34.6 Å². The van der Waals surface area contributed by atoms with E-state index >= 15 is 0 Å². The lowest BCUT2D eigenvalue weighted by Gasteiger charge is -2.10. The number of nitrogens with one attached hydrogen (secondary N) is 1. The molecule has 0 aliphatic carbocycles. The third kappa shape index (κ3) is 4.26. The van der Waals surface area contributed by atoms with Crippen LogP contribution in [0.3, 0.4) is 0 Å². The molecule has 5 nitrogen and oxygen atoms in total. The van der Waals surface area contributed by atoms with E-state index in [4.69, 9.17) is 0 Å².